The summed E-state index contributed by atoms with van der Waals surface area (Å²) in [7, 11) is 0. The number of aromatic nitrogens is 3. The molecule has 1 saturated heterocycles. The monoisotopic (exact) mass is 442 g/mol. The summed E-state index contributed by atoms with van der Waals surface area (Å²) in [6.07, 6.45) is 5.97. The van der Waals surface area contributed by atoms with Gasteiger partial charge >= 0.3 is 0 Å². The van der Waals surface area contributed by atoms with Crippen LogP contribution in [0.2, 0.25) is 0 Å². The summed E-state index contributed by atoms with van der Waals surface area (Å²) in [5.41, 5.74) is 1.04. The van der Waals surface area contributed by atoms with E-state index in [4.69, 9.17) is 0 Å². The van der Waals surface area contributed by atoms with Crippen molar-refractivity contribution < 1.29 is 0 Å². The third kappa shape index (κ3) is 5.39. The van der Waals surface area contributed by atoms with E-state index in [-0.39, 0.29) is 17.0 Å². The molecule has 28 heavy (non-hydrogen) atoms. The second-order valence-corrected chi connectivity index (χ2v) is 6.90. The Bertz CT molecular complexity index is 852. The lowest BCUT2D eigenvalue weighted by atomic mass is 10.2. The molecule has 0 radical (unpaired) electrons. The zero-order valence-corrected chi connectivity index (χ0v) is 17.7. The van der Waals surface area contributed by atoms with Crippen molar-refractivity contribution in [2.75, 3.05) is 49.5 Å². The molecule has 7 heteroatoms. The highest BCUT2D eigenvalue weighted by Gasteiger charge is 2.17. The first-order valence-corrected chi connectivity index (χ1v) is 9.72. The Hall–Kier alpha value is -2.25. The lowest BCUT2D eigenvalue weighted by molar-refractivity contribution is 0.252. The van der Waals surface area contributed by atoms with Gasteiger partial charge in [0.25, 0.3) is 0 Å². The molecule has 0 saturated carbocycles. The quantitative estimate of drug-likeness (QED) is 0.563. The number of nitrogens with zero attached hydrogens (tertiary/aromatic N) is 5. The lowest BCUT2D eigenvalue weighted by Gasteiger charge is -2.34. The number of hydrogen-bond donors (Lipinski definition) is 1. The highest BCUT2D eigenvalue weighted by atomic mass is 79.9. The second kappa shape index (κ2) is 10.3. The zero-order valence-electron chi connectivity index (χ0n) is 16.0. The molecule has 1 fully saturated rings. The third-order valence-corrected chi connectivity index (χ3v) is 5.01. The van der Waals surface area contributed by atoms with E-state index in [0.29, 0.717) is 0 Å². The Balaban J connectivity index is 0.00000225. The highest BCUT2D eigenvalue weighted by molar-refractivity contribution is 8.93. The van der Waals surface area contributed by atoms with Gasteiger partial charge in [-0.1, -0.05) is 18.2 Å². The van der Waals surface area contributed by atoms with Crippen molar-refractivity contribution in [2.45, 2.75) is 12.8 Å². The van der Waals surface area contributed by atoms with E-state index in [2.05, 4.69) is 54.3 Å². The van der Waals surface area contributed by atoms with E-state index in [9.17, 15) is 0 Å². The maximum atomic E-state index is 4.66. The number of unbranched alkanes of at least 4 members (excludes halogenated alkanes) is 1. The van der Waals surface area contributed by atoms with E-state index in [1.54, 1.807) is 0 Å². The summed E-state index contributed by atoms with van der Waals surface area (Å²) in [6, 6.07) is 14.3. The van der Waals surface area contributed by atoms with Crippen LogP contribution in [0.15, 0.2) is 54.9 Å². The molecule has 0 spiro atoms. The number of hydrogen-bond acceptors (Lipinski definition) is 6. The molecule has 0 amide bonds. The number of pyridine rings is 1. The number of fused-ring (bicyclic) bond motifs is 1. The Labute approximate surface area is 176 Å². The van der Waals surface area contributed by atoms with Crippen LogP contribution in [-0.4, -0.2) is 59.1 Å². The summed E-state index contributed by atoms with van der Waals surface area (Å²) < 4.78 is 0. The largest absolute Gasteiger partial charge is 0.370 e. The molecule has 0 atom stereocenters. The fourth-order valence-corrected chi connectivity index (χ4v) is 3.47. The van der Waals surface area contributed by atoms with E-state index < -0.39 is 0 Å². The van der Waals surface area contributed by atoms with Crippen molar-refractivity contribution in [2.24, 2.45) is 0 Å². The van der Waals surface area contributed by atoms with Crippen LogP contribution in [0.4, 0.5) is 11.8 Å². The first kappa shape index (κ1) is 20.5. The minimum Gasteiger partial charge on any atom is -0.370 e. The van der Waals surface area contributed by atoms with Crippen LogP contribution in [-0.2, 0) is 0 Å². The predicted octanol–water partition coefficient (Wildman–Crippen LogP) is 3.62. The van der Waals surface area contributed by atoms with Crippen molar-refractivity contribution >= 4 is 39.7 Å². The number of halogens is 1. The van der Waals surface area contributed by atoms with Gasteiger partial charge in [0.05, 0.1) is 5.52 Å². The van der Waals surface area contributed by atoms with Gasteiger partial charge < -0.3 is 10.2 Å². The van der Waals surface area contributed by atoms with E-state index >= 15 is 0 Å². The van der Waals surface area contributed by atoms with Crippen LogP contribution < -0.4 is 10.2 Å². The number of nitrogens with one attached hydrogen (secondary N) is 1. The molecule has 1 N–H and O–H groups in total. The molecule has 1 aromatic carbocycles. The second-order valence-electron chi connectivity index (χ2n) is 6.90. The maximum Gasteiger partial charge on any atom is 0.225 e. The maximum absolute atomic E-state index is 4.66. The van der Waals surface area contributed by atoms with Gasteiger partial charge in [-0.15, -0.1) is 17.0 Å². The molecule has 6 nitrogen and oxygen atoms in total. The van der Waals surface area contributed by atoms with Crippen molar-refractivity contribution in [3.05, 3.63) is 54.9 Å². The first-order chi connectivity index (χ1) is 13.4. The molecule has 0 bridgehead atoms. The minimum absolute atomic E-state index is 0. The van der Waals surface area contributed by atoms with E-state index in [0.717, 1.165) is 63.0 Å². The van der Waals surface area contributed by atoms with Crippen LogP contribution in [0.5, 0.6) is 0 Å². The molecule has 2 aromatic heterocycles. The Morgan fingerprint density at radius 1 is 0.857 bits per heavy atom. The molecule has 0 unspecified atom stereocenters. The van der Waals surface area contributed by atoms with Crippen molar-refractivity contribution in [3.63, 3.8) is 0 Å². The van der Waals surface area contributed by atoms with Crippen LogP contribution in [0, 0.1) is 0 Å². The minimum atomic E-state index is 0. The van der Waals surface area contributed by atoms with Gasteiger partial charge in [-0.2, -0.15) is 0 Å². The first-order valence-electron chi connectivity index (χ1n) is 9.72. The number of benzene rings is 1. The SMILES string of the molecule is Br.c1cnc(N2CCN(CCCCNc3ccc4ccccc4n3)CC2)nc1. The molecular weight excluding hydrogens is 416 g/mol. The van der Waals surface area contributed by atoms with Gasteiger partial charge in [-0.25, -0.2) is 15.0 Å². The van der Waals surface area contributed by atoms with Gasteiger partial charge in [0, 0.05) is 50.5 Å². The molecule has 1 aliphatic rings. The normalized spacial score (nSPS) is 14.6. The Kier molecular flexibility index (Phi) is 7.56. The van der Waals surface area contributed by atoms with Crippen molar-refractivity contribution in [1.29, 1.82) is 0 Å². The Morgan fingerprint density at radius 3 is 2.46 bits per heavy atom. The van der Waals surface area contributed by atoms with E-state index in [1.807, 2.05) is 30.6 Å². The van der Waals surface area contributed by atoms with Crippen LogP contribution in [0.3, 0.4) is 0 Å². The molecule has 3 heterocycles. The summed E-state index contributed by atoms with van der Waals surface area (Å²) in [5, 5.41) is 4.63. The highest BCUT2D eigenvalue weighted by Crippen LogP contribution is 2.15. The van der Waals surface area contributed by atoms with Crippen LogP contribution in [0.25, 0.3) is 10.9 Å². The summed E-state index contributed by atoms with van der Waals surface area (Å²) in [5.74, 6) is 1.81. The number of rotatable bonds is 7. The fraction of sp³-hybridized carbons (Fsp3) is 0.381. The average Bonchev–Trinajstić information content (AvgIpc) is 2.74. The summed E-state index contributed by atoms with van der Waals surface area (Å²) >= 11 is 0. The molecule has 3 aromatic rings. The van der Waals surface area contributed by atoms with Crippen LogP contribution >= 0.6 is 17.0 Å². The molecular formula is C21H27BrN6. The van der Waals surface area contributed by atoms with Gasteiger partial charge in [0.15, 0.2) is 0 Å². The molecule has 1 aliphatic heterocycles. The Morgan fingerprint density at radius 2 is 1.64 bits per heavy atom. The van der Waals surface area contributed by atoms with E-state index in [1.165, 1.54) is 11.8 Å². The topological polar surface area (TPSA) is 57.2 Å². The average molecular weight is 443 g/mol. The third-order valence-electron chi connectivity index (χ3n) is 5.01. The molecule has 4 rings (SSSR count). The number of para-hydroxylation sites is 1. The lowest BCUT2D eigenvalue weighted by Crippen LogP contribution is -2.47. The predicted molar refractivity (Wildman–Crippen MR) is 120 cm³/mol. The summed E-state index contributed by atoms with van der Waals surface area (Å²) in [6.45, 7) is 6.28. The number of anilines is 2. The van der Waals surface area contributed by atoms with Gasteiger partial charge in [-0.05, 0) is 43.7 Å². The van der Waals surface area contributed by atoms with Crippen molar-refractivity contribution in [3.8, 4) is 0 Å². The van der Waals surface area contributed by atoms with Gasteiger partial charge in [0.2, 0.25) is 5.95 Å². The number of piperazine rings is 1. The van der Waals surface area contributed by atoms with Crippen LogP contribution in [0.1, 0.15) is 12.8 Å². The van der Waals surface area contributed by atoms with Gasteiger partial charge in [-0.3, -0.25) is 4.90 Å². The molecule has 0 aliphatic carbocycles. The van der Waals surface area contributed by atoms with Gasteiger partial charge in [0.1, 0.15) is 5.82 Å². The molecule has 148 valence electrons. The van der Waals surface area contributed by atoms with Crippen molar-refractivity contribution in [1.82, 2.24) is 19.9 Å². The zero-order chi connectivity index (χ0) is 18.3. The standard InChI is InChI=1S/C21H26N6.BrH/c1-2-7-19-18(6-1)8-9-20(25-19)22-10-3-4-13-26-14-16-27(17-15-26)21-23-11-5-12-24-21;/h1-2,5-9,11-12H,3-4,10,13-17H2,(H,22,25);1H. The smallest absolute Gasteiger partial charge is 0.225 e. The fourth-order valence-electron chi connectivity index (χ4n) is 3.47. The summed E-state index contributed by atoms with van der Waals surface area (Å²) in [4.78, 5) is 18.2.